The number of ether oxygens (including phenoxy) is 3. The van der Waals surface area contributed by atoms with Crippen LogP contribution in [0.25, 0.3) is 0 Å². The Balaban J connectivity index is 4.32. The number of carbonyl (C=O) groups is 3. The maximum Gasteiger partial charge on any atom is 0.306 e. The topological polar surface area (TPSA) is 78.9 Å². The fourth-order valence-electron chi connectivity index (χ4n) is 9.97. The van der Waals surface area contributed by atoms with Gasteiger partial charge in [0.1, 0.15) is 13.2 Å². The van der Waals surface area contributed by atoms with Crippen LogP contribution in [0.4, 0.5) is 0 Å². The molecule has 0 heterocycles. The first kappa shape index (κ1) is 70.9. The van der Waals surface area contributed by atoms with Gasteiger partial charge in [0, 0.05) is 19.3 Å². The molecule has 1 atom stereocenters. The Morgan fingerprint density at radius 2 is 0.452 bits per heavy atom. The third-order valence-corrected chi connectivity index (χ3v) is 14.9. The Hall–Kier alpha value is -2.11. The molecule has 0 aliphatic carbocycles. The van der Waals surface area contributed by atoms with E-state index in [1.807, 2.05) is 0 Å². The lowest BCUT2D eigenvalue weighted by Crippen LogP contribution is -2.30. The van der Waals surface area contributed by atoms with Gasteiger partial charge in [0.05, 0.1) is 0 Å². The summed E-state index contributed by atoms with van der Waals surface area (Å²) >= 11 is 0. The minimum atomic E-state index is -0.771. The maximum atomic E-state index is 12.9. The predicted molar refractivity (Wildman–Crippen MR) is 316 cm³/mol. The van der Waals surface area contributed by atoms with E-state index in [1.165, 1.54) is 270 Å². The first-order valence-electron chi connectivity index (χ1n) is 32.8. The van der Waals surface area contributed by atoms with E-state index in [-0.39, 0.29) is 31.1 Å². The molecule has 0 rings (SSSR count). The minimum absolute atomic E-state index is 0.0686. The second kappa shape index (κ2) is 62.4. The Kier molecular flexibility index (Phi) is 60.6. The van der Waals surface area contributed by atoms with Crippen molar-refractivity contribution in [3.8, 4) is 0 Å². The molecule has 0 aliphatic heterocycles. The first-order chi connectivity index (χ1) is 36.0. The molecule has 0 fully saturated rings. The van der Waals surface area contributed by atoms with Crippen molar-refractivity contribution >= 4 is 17.9 Å². The van der Waals surface area contributed by atoms with Gasteiger partial charge in [-0.15, -0.1) is 0 Å². The van der Waals surface area contributed by atoms with Crippen LogP contribution in [-0.4, -0.2) is 37.2 Å². The molecule has 0 amide bonds. The molecule has 0 saturated heterocycles. The third kappa shape index (κ3) is 60.6. The van der Waals surface area contributed by atoms with E-state index in [0.717, 1.165) is 57.8 Å². The van der Waals surface area contributed by atoms with Gasteiger partial charge in [0.15, 0.2) is 6.10 Å². The number of unbranched alkanes of at least 4 members (excludes halogenated alkanes) is 46. The fraction of sp³-hybridized carbons (Fsp3) is 0.896. The summed E-state index contributed by atoms with van der Waals surface area (Å²) < 4.78 is 17.0. The van der Waals surface area contributed by atoms with E-state index in [1.54, 1.807) is 0 Å². The summed E-state index contributed by atoms with van der Waals surface area (Å²) in [5.41, 5.74) is 0. The van der Waals surface area contributed by atoms with Gasteiger partial charge in [-0.3, -0.25) is 14.4 Å². The fourth-order valence-corrected chi connectivity index (χ4v) is 9.97. The van der Waals surface area contributed by atoms with E-state index >= 15 is 0 Å². The van der Waals surface area contributed by atoms with Crippen molar-refractivity contribution in [3.05, 3.63) is 24.3 Å². The molecule has 0 N–H and O–H groups in total. The van der Waals surface area contributed by atoms with Crippen LogP contribution in [0.1, 0.15) is 367 Å². The van der Waals surface area contributed by atoms with Crippen molar-refractivity contribution in [2.24, 2.45) is 0 Å². The SMILES string of the molecule is CCCCCCCC/C=C/CCCCCCCCCCCC(=O)OC[C@@H](COC(=O)CCCCCCCCC/C=C/CCCCCCCC)OC(=O)CCCCCCCCCCCCCCCCCCCCC. The highest BCUT2D eigenvalue weighted by molar-refractivity contribution is 5.71. The van der Waals surface area contributed by atoms with Crippen molar-refractivity contribution in [2.75, 3.05) is 13.2 Å². The minimum Gasteiger partial charge on any atom is -0.462 e. The van der Waals surface area contributed by atoms with Gasteiger partial charge in [-0.25, -0.2) is 0 Å². The summed E-state index contributed by atoms with van der Waals surface area (Å²) in [6.07, 6.45) is 74.7. The van der Waals surface area contributed by atoms with Crippen LogP contribution >= 0.6 is 0 Å². The molecule has 0 unspecified atom stereocenters. The molecule has 0 bridgehead atoms. The second-order valence-electron chi connectivity index (χ2n) is 22.4. The van der Waals surface area contributed by atoms with Crippen molar-refractivity contribution < 1.29 is 28.6 Å². The normalized spacial score (nSPS) is 12.1. The van der Waals surface area contributed by atoms with E-state index in [2.05, 4.69) is 45.1 Å². The zero-order chi connectivity index (χ0) is 52.9. The molecule has 0 aromatic carbocycles. The van der Waals surface area contributed by atoms with Crippen LogP contribution < -0.4 is 0 Å². The molecule has 6 nitrogen and oxygen atoms in total. The lowest BCUT2D eigenvalue weighted by molar-refractivity contribution is -0.167. The summed E-state index contributed by atoms with van der Waals surface area (Å²) in [6.45, 7) is 6.70. The number of hydrogen-bond acceptors (Lipinski definition) is 6. The zero-order valence-electron chi connectivity index (χ0n) is 49.4. The van der Waals surface area contributed by atoms with Crippen LogP contribution in [-0.2, 0) is 28.6 Å². The smallest absolute Gasteiger partial charge is 0.306 e. The molecular formula is C67H126O6. The van der Waals surface area contributed by atoms with Gasteiger partial charge in [-0.2, -0.15) is 0 Å². The second-order valence-corrected chi connectivity index (χ2v) is 22.4. The molecule has 0 aromatic heterocycles. The monoisotopic (exact) mass is 1030 g/mol. The molecule has 73 heavy (non-hydrogen) atoms. The van der Waals surface area contributed by atoms with E-state index in [9.17, 15) is 14.4 Å². The molecule has 0 radical (unpaired) electrons. The molecule has 6 heteroatoms. The van der Waals surface area contributed by atoms with Gasteiger partial charge < -0.3 is 14.2 Å². The highest BCUT2D eigenvalue weighted by Crippen LogP contribution is 2.18. The lowest BCUT2D eigenvalue weighted by atomic mass is 10.0. The highest BCUT2D eigenvalue weighted by atomic mass is 16.6. The van der Waals surface area contributed by atoms with Gasteiger partial charge in [-0.1, -0.05) is 302 Å². The Morgan fingerprint density at radius 1 is 0.260 bits per heavy atom. The Bertz CT molecular complexity index is 1180. The van der Waals surface area contributed by atoms with Crippen LogP contribution in [0, 0.1) is 0 Å². The first-order valence-corrected chi connectivity index (χ1v) is 32.8. The molecule has 0 aromatic rings. The number of hydrogen-bond donors (Lipinski definition) is 0. The summed E-state index contributed by atoms with van der Waals surface area (Å²) in [6, 6.07) is 0. The van der Waals surface area contributed by atoms with Crippen molar-refractivity contribution in [3.63, 3.8) is 0 Å². The zero-order valence-corrected chi connectivity index (χ0v) is 49.4. The summed E-state index contributed by atoms with van der Waals surface area (Å²) in [7, 11) is 0. The molecule has 0 saturated carbocycles. The van der Waals surface area contributed by atoms with Crippen molar-refractivity contribution in [1.29, 1.82) is 0 Å². The van der Waals surface area contributed by atoms with E-state index < -0.39 is 6.10 Å². The molecular weight excluding hydrogens is 901 g/mol. The molecule has 0 spiro atoms. The van der Waals surface area contributed by atoms with Gasteiger partial charge >= 0.3 is 17.9 Å². The number of carbonyl (C=O) groups excluding carboxylic acids is 3. The third-order valence-electron chi connectivity index (χ3n) is 14.9. The molecule has 430 valence electrons. The number of esters is 3. The summed E-state index contributed by atoms with van der Waals surface area (Å²) in [4.78, 5) is 38.4. The van der Waals surface area contributed by atoms with Crippen LogP contribution in [0.3, 0.4) is 0 Å². The highest BCUT2D eigenvalue weighted by Gasteiger charge is 2.19. The predicted octanol–water partition coefficient (Wildman–Crippen LogP) is 22.2. The Labute approximate surface area is 455 Å². The van der Waals surface area contributed by atoms with E-state index in [4.69, 9.17) is 14.2 Å². The maximum absolute atomic E-state index is 12.9. The summed E-state index contributed by atoms with van der Waals surface area (Å²) in [5, 5.41) is 0. The average molecular weight is 1030 g/mol. The quantitative estimate of drug-likeness (QED) is 0.0261. The van der Waals surface area contributed by atoms with Crippen LogP contribution in [0.5, 0.6) is 0 Å². The van der Waals surface area contributed by atoms with Gasteiger partial charge in [0.2, 0.25) is 0 Å². The Morgan fingerprint density at radius 3 is 0.685 bits per heavy atom. The van der Waals surface area contributed by atoms with Crippen molar-refractivity contribution in [1.82, 2.24) is 0 Å². The summed E-state index contributed by atoms with van der Waals surface area (Å²) in [5.74, 6) is -0.846. The average Bonchev–Trinajstić information content (AvgIpc) is 3.39. The molecule has 0 aliphatic rings. The number of allylic oxidation sites excluding steroid dienone is 4. The lowest BCUT2D eigenvalue weighted by Gasteiger charge is -2.18. The van der Waals surface area contributed by atoms with Gasteiger partial charge in [0.25, 0.3) is 0 Å². The van der Waals surface area contributed by atoms with Crippen LogP contribution in [0.15, 0.2) is 24.3 Å². The van der Waals surface area contributed by atoms with Crippen molar-refractivity contribution in [2.45, 2.75) is 374 Å². The number of rotatable bonds is 61. The van der Waals surface area contributed by atoms with E-state index in [0.29, 0.717) is 19.3 Å². The largest absolute Gasteiger partial charge is 0.462 e. The van der Waals surface area contributed by atoms with Crippen LogP contribution in [0.2, 0.25) is 0 Å². The van der Waals surface area contributed by atoms with Gasteiger partial charge in [-0.05, 0) is 70.6 Å². The standard InChI is InChI=1S/C67H126O6/c1-4-7-10-13-16-19-22-25-28-31-33-36-39-42-45-48-51-54-57-60-66(69)72-63-64(62-71-65(68)59-56-53-50-47-44-41-38-35-30-27-24-21-18-15-12-9-6-3)73-67(70)61-58-55-52-49-46-43-40-37-34-32-29-26-23-20-17-14-11-8-5-2/h25,27-28,30,64H,4-24,26,29,31-63H2,1-3H3/b28-25+,30-27+/t64-/m1/s1.